The van der Waals surface area contributed by atoms with Gasteiger partial charge in [0.25, 0.3) is 5.91 Å². The number of nitrogens with one attached hydrogen (secondary N) is 2. The van der Waals surface area contributed by atoms with E-state index in [1.165, 1.54) is 6.26 Å². The number of hydrogen-bond acceptors (Lipinski definition) is 4. The largest absolute Gasteiger partial charge is 0.466 e. The Morgan fingerprint density at radius 1 is 1.08 bits per heavy atom. The smallest absolute Gasteiger partial charge is 0.253 e. The van der Waals surface area contributed by atoms with E-state index in [0.717, 1.165) is 0 Å². The van der Waals surface area contributed by atoms with Gasteiger partial charge in [0, 0.05) is 5.41 Å². The van der Waals surface area contributed by atoms with Crippen molar-refractivity contribution < 1.29 is 19.1 Å². The minimum absolute atomic E-state index is 0.0269. The van der Waals surface area contributed by atoms with Crippen LogP contribution < -0.4 is 10.6 Å². The summed E-state index contributed by atoms with van der Waals surface area (Å²) >= 11 is 0. The molecule has 0 spiro atoms. The van der Waals surface area contributed by atoms with Crippen molar-refractivity contribution in [3.8, 4) is 0 Å². The summed E-state index contributed by atoms with van der Waals surface area (Å²) in [5.74, 6) is -0.214. The summed E-state index contributed by atoms with van der Waals surface area (Å²) in [6, 6.07) is 10.1. The van der Waals surface area contributed by atoms with Crippen LogP contribution in [0.15, 0.2) is 47.1 Å². The highest BCUT2D eigenvalue weighted by Crippen LogP contribution is 2.22. The summed E-state index contributed by atoms with van der Waals surface area (Å²) in [5, 5.41) is 15.9. The van der Waals surface area contributed by atoms with E-state index >= 15 is 0 Å². The monoisotopic (exact) mass is 344 g/mol. The lowest BCUT2D eigenvalue weighted by Gasteiger charge is -2.22. The van der Waals surface area contributed by atoms with E-state index < -0.39 is 16.9 Å². The van der Waals surface area contributed by atoms with Crippen LogP contribution in [0.1, 0.15) is 43.8 Å². The number of amides is 2. The predicted molar refractivity (Wildman–Crippen MR) is 95.1 cm³/mol. The minimum Gasteiger partial charge on any atom is -0.466 e. The molecular weight excluding hydrogens is 320 g/mol. The van der Waals surface area contributed by atoms with E-state index in [1.807, 2.05) is 0 Å². The van der Waals surface area contributed by atoms with Gasteiger partial charge in [-0.05, 0) is 31.2 Å². The maximum Gasteiger partial charge on any atom is 0.253 e. The van der Waals surface area contributed by atoms with Gasteiger partial charge in [0.1, 0.15) is 11.4 Å². The molecule has 2 amide bonds. The van der Waals surface area contributed by atoms with Crippen molar-refractivity contribution in [1.29, 1.82) is 0 Å². The average Bonchev–Trinajstić information content (AvgIpc) is 3.07. The molecule has 0 saturated heterocycles. The molecule has 1 heterocycles. The van der Waals surface area contributed by atoms with E-state index in [0.29, 0.717) is 17.0 Å². The molecule has 0 aliphatic carbocycles. The molecule has 134 valence electrons. The molecule has 6 nitrogen and oxygen atoms in total. The summed E-state index contributed by atoms with van der Waals surface area (Å²) in [7, 11) is 0. The van der Waals surface area contributed by atoms with Crippen molar-refractivity contribution in [3.63, 3.8) is 0 Å². The van der Waals surface area contributed by atoms with Crippen LogP contribution in [0.2, 0.25) is 0 Å². The molecule has 1 aromatic carbocycles. The summed E-state index contributed by atoms with van der Waals surface area (Å²) in [5.41, 5.74) is -1.15. The van der Waals surface area contributed by atoms with Gasteiger partial charge >= 0.3 is 0 Å². The van der Waals surface area contributed by atoms with Crippen LogP contribution in [0.5, 0.6) is 0 Å². The number of furan rings is 1. The lowest BCUT2D eigenvalue weighted by Crippen LogP contribution is -2.38. The first-order valence-electron chi connectivity index (χ1n) is 8.06. The van der Waals surface area contributed by atoms with Gasteiger partial charge < -0.3 is 20.2 Å². The highest BCUT2D eigenvalue weighted by molar-refractivity contribution is 6.04. The molecule has 0 aliphatic rings. The molecular formula is C19H24N2O4. The van der Waals surface area contributed by atoms with Crippen molar-refractivity contribution in [2.24, 2.45) is 5.41 Å². The third-order valence-electron chi connectivity index (χ3n) is 3.75. The Hall–Kier alpha value is -2.60. The molecule has 0 radical (unpaired) electrons. The first kappa shape index (κ1) is 18.7. The maximum atomic E-state index is 12.5. The Morgan fingerprint density at radius 3 is 2.36 bits per heavy atom. The number of hydrogen-bond donors (Lipinski definition) is 3. The lowest BCUT2D eigenvalue weighted by molar-refractivity contribution is -0.123. The fourth-order valence-electron chi connectivity index (χ4n) is 2.12. The highest BCUT2D eigenvalue weighted by Gasteiger charge is 2.28. The first-order chi connectivity index (χ1) is 11.6. The van der Waals surface area contributed by atoms with Crippen LogP contribution >= 0.6 is 0 Å². The van der Waals surface area contributed by atoms with Gasteiger partial charge in [-0.15, -0.1) is 0 Å². The molecule has 6 heteroatoms. The summed E-state index contributed by atoms with van der Waals surface area (Å²) in [4.78, 5) is 24.7. The summed E-state index contributed by atoms with van der Waals surface area (Å²) in [6.45, 7) is 6.92. The topological polar surface area (TPSA) is 91.6 Å². The van der Waals surface area contributed by atoms with Gasteiger partial charge in [-0.3, -0.25) is 9.59 Å². The van der Waals surface area contributed by atoms with Crippen molar-refractivity contribution in [2.75, 3.05) is 11.9 Å². The molecule has 2 aromatic rings. The van der Waals surface area contributed by atoms with Gasteiger partial charge in [-0.25, -0.2) is 0 Å². The molecule has 0 saturated carbocycles. The molecule has 0 fully saturated rings. The third-order valence-corrected chi connectivity index (χ3v) is 3.75. The number of carbonyl (C=O) groups excluding carboxylic acids is 2. The number of anilines is 1. The maximum absolute atomic E-state index is 12.5. The van der Waals surface area contributed by atoms with E-state index in [2.05, 4.69) is 10.6 Å². The normalized spacial score (nSPS) is 13.8. The first-order valence-corrected chi connectivity index (χ1v) is 8.06. The fourth-order valence-corrected chi connectivity index (χ4v) is 2.12. The van der Waals surface area contributed by atoms with Gasteiger partial charge in [0.05, 0.1) is 24.1 Å². The number of carbonyl (C=O) groups is 2. The van der Waals surface area contributed by atoms with Crippen molar-refractivity contribution in [3.05, 3.63) is 54.0 Å². The highest BCUT2D eigenvalue weighted by atomic mass is 16.4. The van der Waals surface area contributed by atoms with E-state index in [-0.39, 0.29) is 12.5 Å². The van der Waals surface area contributed by atoms with Crippen LogP contribution in [-0.2, 0) is 10.4 Å². The van der Waals surface area contributed by atoms with Crippen LogP contribution in [0.4, 0.5) is 5.69 Å². The number of benzene rings is 1. The second kappa shape index (κ2) is 7.11. The van der Waals surface area contributed by atoms with Crippen LogP contribution in [0, 0.1) is 5.41 Å². The number of para-hydroxylation sites is 1. The van der Waals surface area contributed by atoms with Crippen molar-refractivity contribution in [1.82, 2.24) is 5.32 Å². The van der Waals surface area contributed by atoms with Crippen molar-refractivity contribution >= 4 is 17.5 Å². The molecule has 0 aliphatic heterocycles. The second-order valence-electron chi connectivity index (χ2n) is 7.18. The van der Waals surface area contributed by atoms with Gasteiger partial charge in [0.15, 0.2) is 0 Å². The number of aliphatic hydroxyl groups is 1. The Labute approximate surface area is 147 Å². The van der Waals surface area contributed by atoms with Crippen LogP contribution in [0.25, 0.3) is 0 Å². The molecule has 1 aromatic heterocycles. The van der Waals surface area contributed by atoms with E-state index in [9.17, 15) is 14.7 Å². The van der Waals surface area contributed by atoms with Gasteiger partial charge in [-0.2, -0.15) is 0 Å². The van der Waals surface area contributed by atoms with Crippen LogP contribution in [0.3, 0.4) is 0 Å². The average molecular weight is 344 g/mol. The summed E-state index contributed by atoms with van der Waals surface area (Å²) < 4.78 is 5.19. The molecule has 1 atom stereocenters. The standard InChI is InChI=1S/C19H24N2O4/c1-18(2,3)17(23)21-14-9-6-5-8-13(14)16(22)20-12-19(4,24)15-10-7-11-25-15/h5-11,24H,12H2,1-4H3,(H,20,22)(H,21,23)/t19-/m0/s1. The Balaban J connectivity index is 2.11. The summed E-state index contributed by atoms with van der Waals surface area (Å²) in [6.07, 6.45) is 1.46. The molecule has 25 heavy (non-hydrogen) atoms. The molecule has 0 bridgehead atoms. The number of rotatable bonds is 5. The Morgan fingerprint density at radius 2 is 1.76 bits per heavy atom. The van der Waals surface area contributed by atoms with Gasteiger partial charge in [0.2, 0.25) is 5.91 Å². The second-order valence-corrected chi connectivity index (χ2v) is 7.18. The third kappa shape index (κ3) is 4.70. The fraction of sp³-hybridized carbons (Fsp3) is 0.368. The zero-order chi connectivity index (χ0) is 18.7. The van der Waals surface area contributed by atoms with Crippen molar-refractivity contribution in [2.45, 2.75) is 33.3 Å². The SMILES string of the molecule is CC(C)(C)C(=O)Nc1ccccc1C(=O)NC[C@](C)(O)c1ccco1. The van der Waals surface area contributed by atoms with Gasteiger partial charge in [-0.1, -0.05) is 32.9 Å². The zero-order valence-electron chi connectivity index (χ0n) is 14.9. The molecule has 3 N–H and O–H groups in total. The Bertz CT molecular complexity index is 743. The Kier molecular flexibility index (Phi) is 5.33. The zero-order valence-corrected chi connectivity index (χ0v) is 14.9. The molecule has 0 unspecified atom stereocenters. The lowest BCUT2D eigenvalue weighted by atomic mass is 9.95. The van der Waals surface area contributed by atoms with E-state index in [1.54, 1.807) is 64.1 Å². The van der Waals surface area contributed by atoms with E-state index in [4.69, 9.17) is 4.42 Å². The van der Waals surface area contributed by atoms with Crippen LogP contribution in [-0.4, -0.2) is 23.5 Å². The quantitative estimate of drug-likeness (QED) is 0.778. The predicted octanol–water partition coefficient (Wildman–Crippen LogP) is 2.90. The molecule has 2 rings (SSSR count). The minimum atomic E-state index is -1.33.